The van der Waals surface area contributed by atoms with Crippen LogP contribution in [0.25, 0.3) is 0 Å². The van der Waals surface area contributed by atoms with Crippen molar-refractivity contribution in [3.8, 4) is 0 Å². The van der Waals surface area contributed by atoms with E-state index < -0.39 is 29.4 Å². The smallest absolute Gasteiger partial charge is 0.429 e. The fourth-order valence-corrected chi connectivity index (χ4v) is 6.18. The van der Waals surface area contributed by atoms with Gasteiger partial charge in [-0.1, -0.05) is 0 Å². The highest BCUT2D eigenvalue weighted by Crippen LogP contribution is 2.31. The molecule has 8 nitrogen and oxygen atoms in total. The lowest BCUT2D eigenvalue weighted by atomic mass is 10.1. The Balaban J connectivity index is 4.81. The predicted octanol–water partition coefficient (Wildman–Crippen LogP) is 2.53. The summed E-state index contributed by atoms with van der Waals surface area (Å²) in [4.78, 5) is 11.3. The van der Waals surface area contributed by atoms with Crippen LogP contribution in [0.1, 0.15) is 32.6 Å². The third-order valence-corrected chi connectivity index (χ3v) is 9.92. The standard InChI is InChI=1S/C15H33FO8Si2/c1-14(17)24-15(16,10-8-12-25(18-2,19-3)20-4)11-9-13-26(21-5,22-6)23-7/h8-13H2,1-7H3. The molecule has 0 N–H and O–H groups in total. The van der Waals surface area contributed by atoms with E-state index in [-0.39, 0.29) is 12.8 Å². The Hall–Kier alpha value is -0.406. The first-order chi connectivity index (χ1) is 12.2. The van der Waals surface area contributed by atoms with Crippen LogP contribution in [0, 0.1) is 0 Å². The van der Waals surface area contributed by atoms with E-state index in [4.69, 9.17) is 31.3 Å². The molecule has 0 amide bonds. The molecule has 0 atom stereocenters. The molecular weight excluding hydrogens is 383 g/mol. The molecule has 0 bridgehead atoms. The minimum atomic E-state index is -2.80. The number of carbonyl (C=O) groups excluding carboxylic acids is 1. The minimum Gasteiger partial charge on any atom is -0.429 e. The third-order valence-electron chi connectivity index (χ3n) is 4.26. The summed E-state index contributed by atoms with van der Waals surface area (Å²) in [6, 6.07) is 0.826. The van der Waals surface area contributed by atoms with Crippen molar-refractivity contribution in [2.45, 2.75) is 50.6 Å². The molecule has 0 saturated carbocycles. The van der Waals surface area contributed by atoms with Crippen LogP contribution in [-0.4, -0.2) is 72.1 Å². The van der Waals surface area contributed by atoms with Crippen molar-refractivity contribution in [2.75, 3.05) is 42.7 Å². The first-order valence-electron chi connectivity index (χ1n) is 8.39. The second kappa shape index (κ2) is 12.1. The number of carbonyl (C=O) groups is 1. The average Bonchev–Trinajstić information content (AvgIpc) is 2.63. The van der Waals surface area contributed by atoms with Crippen molar-refractivity contribution in [1.29, 1.82) is 0 Å². The van der Waals surface area contributed by atoms with Gasteiger partial charge in [-0.15, -0.1) is 0 Å². The van der Waals surface area contributed by atoms with E-state index in [0.717, 1.165) is 0 Å². The zero-order valence-corrected chi connectivity index (χ0v) is 18.9. The summed E-state index contributed by atoms with van der Waals surface area (Å²) in [7, 11) is 3.40. The third kappa shape index (κ3) is 8.09. The van der Waals surface area contributed by atoms with Gasteiger partial charge in [0.25, 0.3) is 5.85 Å². The van der Waals surface area contributed by atoms with Gasteiger partial charge in [0.15, 0.2) is 0 Å². The van der Waals surface area contributed by atoms with Crippen molar-refractivity contribution in [2.24, 2.45) is 0 Å². The molecule has 0 aromatic heterocycles. The quantitative estimate of drug-likeness (QED) is 0.298. The van der Waals surface area contributed by atoms with Gasteiger partial charge in [-0.25, -0.2) is 0 Å². The molecule has 0 aromatic carbocycles. The Labute approximate surface area is 157 Å². The topological polar surface area (TPSA) is 81.7 Å². The molecule has 0 fully saturated rings. The molecular formula is C15H33FO8Si2. The van der Waals surface area contributed by atoms with Gasteiger partial charge in [0, 0.05) is 74.5 Å². The minimum absolute atomic E-state index is 0.0128. The predicted molar refractivity (Wildman–Crippen MR) is 97.2 cm³/mol. The summed E-state index contributed by atoms with van der Waals surface area (Å²) in [5, 5.41) is 0. The second-order valence-corrected chi connectivity index (χ2v) is 12.0. The Morgan fingerprint density at radius 2 is 1.08 bits per heavy atom. The van der Waals surface area contributed by atoms with Crippen LogP contribution >= 0.6 is 0 Å². The molecule has 0 aliphatic heterocycles. The summed E-state index contributed by atoms with van der Waals surface area (Å²) in [6.45, 7) is 1.19. The van der Waals surface area contributed by atoms with E-state index in [2.05, 4.69) is 0 Å². The largest absolute Gasteiger partial charge is 0.500 e. The number of esters is 1. The first-order valence-corrected chi connectivity index (χ1v) is 12.3. The van der Waals surface area contributed by atoms with E-state index in [1.807, 2.05) is 0 Å². The van der Waals surface area contributed by atoms with Crippen molar-refractivity contribution >= 4 is 23.6 Å². The van der Waals surface area contributed by atoms with Gasteiger partial charge < -0.3 is 31.3 Å². The zero-order chi connectivity index (χ0) is 20.3. The van der Waals surface area contributed by atoms with Crippen LogP contribution in [0.15, 0.2) is 0 Å². The molecule has 0 aliphatic rings. The van der Waals surface area contributed by atoms with Crippen molar-refractivity contribution in [3.63, 3.8) is 0 Å². The molecule has 26 heavy (non-hydrogen) atoms. The van der Waals surface area contributed by atoms with Gasteiger partial charge in [0.1, 0.15) is 0 Å². The summed E-state index contributed by atoms with van der Waals surface area (Å²) < 4.78 is 52.0. The maximum absolute atomic E-state index is 15.2. The van der Waals surface area contributed by atoms with Crippen LogP contribution in [0.5, 0.6) is 0 Å². The van der Waals surface area contributed by atoms with E-state index in [1.165, 1.54) is 49.6 Å². The van der Waals surface area contributed by atoms with Gasteiger partial charge >= 0.3 is 23.6 Å². The maximum atomic E-state index is 15.2. The van der Waals surface area contributed by atoms with Gasteiger partial charge in [-0.05, 0) is 12.8 Å². The lowest BCUT2D eigenvalue weighted by molar-refractivity contribution is -0.183. The number of alkyl halides is 1. The molecule has 0 aromatic rings. The molecule has 0 spiro atoms. The highest BCUT2D eigenvalue weighted by Gasteiger charge is 2.42. The Kier molecular flexibility index (Phi) is 11.9. The van der Waals surface area contributed by atoms with Crippen LogP contribution in [0.2, 0.25) is 12.1 Å². The summed E-state index contributed by atoms with van der Waals surface area (Å²) in [5.41, 5.74) is 0. The SMILES string of the molecule is CO[Si](CCCC(F)(CCC[Si](OC)(OC)OC)OC(C)=O)(OC)OC. The molecule has 156 valence electrons. The van der Waals surface area contributed by atoms with Gasteiger partial charge in [-0.3, -0.25) is 4.79 Å². The van der Waals surface area contributed by atoms with Crippen molar-refractivity contribution in [3.05, 3.63) is 0 Å². The number of halogens is 1. The highest BCUT2D eigenvalue weighted by atomic mass is 28.4. The number of hydrogen-bond donors (Lipinski definition) is 0. The van der Waals surface area contributed by atoms with E-state index in [9.17, 15) is 4.79 Å². The monoisotopic (exact) mass is 416 g/mol. The fraction of sp³-hybridized carbons (Fsp3) is 0.933. The van der Waals surface area contributed by atoms with E-state index in [0.29, 0.717) is 24.9 Å². The lowest BCUT2D eigenvalue weighted by Gasteiger charge is -2.29. The van der Waals surface area contributed by atoms with E-state index in [1.54, 1.807) is 0 Å². The number of rotatable bonds is 15. The molecule has 0 rings (SSSR count). The van der Waals surface area contributed by atoms with Gasteiger partial charge in [0.2, 0.25) is 0 Å². The summed E-state index contributed by atoms with van der Waals surface area (Å²) in [5.74, 6) is -2.76. The Morgan fingerprint density at radius 1 is 0.769 bits per heavy atom. The number of hydrogen-bond acceptors (Lipinski definition) is 8. The molecule has 0 heterocycles. The van der Waals surface area contributed by atoms with Gasteiger partial charge in [-0.2, -0.15) is 4.39 Å². The zero-order valence-electron chi connectivity index (χ0n) is 16.9. The fourth-order valence-electron chi connectivity index (χ4n) is 2.73. The molecule has 0 radical (unpaired) electrons. The van der Waals surface area contributed by atoms with Crippen LogP contribution in [-0.2, 0) is 36.1 Å². The lowest BCUT2D eigenvalue weighted by Crippen LogP contribution is -2.43. The normalized spacial score (nSPS) is 13.1. The van der Waals surface area contributed by atoms with Crippen molar-refractivity contribution < 1.29 is 40.5 Å². The Bertz CT molecular complexity index is 363. The van der Waals surface area contributed by atoms with Crippen LogP contribution in [0.3, 0.4) is 0 Å². The van der Waals surface area contributed by atoms with E-state index >= 15 is 4.39 Å². The molecule has 0 unspecified atom stereocenters. The summed E-state index contributed by atoms with van der Waals surface area (Å²) in [6.07, 6.45) is 0.789. The van der Waals surface area contributed by atoms with Gasteiger partial charge in [0.05, 0.1) is 0 Å². The average molecular weight is 417 g/mol. The molecule has 0 saturated heterocycles. The second-order valence-electron chi connectivity index (χ2n) is 5.77. The van der Waals surface area contributed by atoms with Crippen molar-refractivity contribution in [1.82, 2.24) is 0 Å². The van der Waals surface area contributed by atoms with Crippen LogP contribution < -0.4 is 0 Å². The first kappa shape index (κ1) is 25.6. The van der Waals surface area contributed by atoms with Crippen LogP contribution in [0.4, 0.5) is 4.39 Å². The molecule has 11 heteroatoms. The Morgan fingerprint density at radius 3 is 1.31 bits per heavy atom. The highest BCUT2D eigenvalue weighted by molar-refractivity contribution is 6.60. The number of ether oxygens (including phenoxy) is 1. The summed E-state index contributed by atoms with van der Waals surface area (Å²) >= 11 is 0. The molecule has 0 aliphatic carbocycles. The maximum Gasteiger partial charge on any atom is 0.500 e.